The van der Waals surface area contributed by atoms with Gasteiger partial charge in [-0.15, -0.1) is 10.2 Å². The molecule has 0 radical (unpaired) electrons. The molecule has 136 valence electrons. The van der Waals surface area contributed by atoms with E-state index in [2.05, 4.69) is 15.5 Å². The van der Waals surface area contributed by atoms with Gasteiger partial charge >= 0.3 is 0 Å². The van der Waals surface area contributed by atoms with Crippen LogP contribution in [0.25, 0.3) is 11.5 Å². The molecule has 0 saturated carbocycles. The third kappa shape index (κ3) is 4.78. The highest BCUT2D eigenvalue weighted by Gasteiger charge is 2.12. The van der Waals surface area contributed by atoms with E-state index in [1.54, 1.807) is 31.4 Å². The van der Waals surface area contributed by atoms with Gasteiger partial charge in [-0.05, 0) is 42.5 Å². The van der Waals surface area contributed by atoms with Gasteiger partial charge in [0.05, 0.1) is 23.4 Å². The van der Waals surface area contributed by atoms with Crippen molar-refractivity contribution in [1.29, 1.82) is 5.26 Å². The van der Waals surface area contributed by atoms with E-state index in [4.69, 9.17) is 26.0 Å². The monoisotopic (exact) mass is 400 g/mol. The second kappa shape index (κ2) is 8.58. The van der Waals surface area contributed by atoms with E-state index >= 15 is 0 Å². The number of thioether (sulfide) groups is 1. The van der Waals surface area contributed by atoms with Crippen LogP contribution in [-0.2, 0) is 4.79 Å². The zero-order chi connectivity index (χ0) is 19.2. The summed E-state index contributed by atoms with van der Waals surface area (Å²) in [6.07, 6.45) is 0. The van der Waals surface area contributed by atoms with Gasteiger partial charge in [0, 0.05) is 11.3 Å². The molecule has 27 heavy (non-hydrogen) atoms. The maximum Gasteiger partial charge on any atom is 0.277 e. The minimum absolute atomic E-state index is 0.0852. The van der Waals surface area contributed by atoms with Gasteiger partial charge in [0.1, 0.15) is 11.8 Å². The first-order valence-corrected chi connectivity index (χ1v) is 9.05. The number of methoxy groups -OCH3 is 1. The molecule has 2 aromatic carbocycles. The predicted molar refractivity (Wildman–Crippen MR) is 102 cm³/mol. The number of carbonyl (C=O) groups excluding carboxylic acids is 1. The fourth-order valence-electron chi connectivity index (χ4n) is 2.13. The van der Waals surface area contributed by atoms with Crippen molar-refractivity contribution in [2.45, 2.75) is 5.22 Å². The molecule has 0 aliphatic carbocycles. The molecule has 3 rings (SSSR count). The number of hydrogen-bond acceptors (Lipinski definition) is 7. The third-order valence-electron chi connectivity index (χ3n) is 3.44. The Morgan fingerprint density at radius 3 is 2.74 bits per heavy atom. The molecule has 3 aromatic rings. The minimum atomic E-state index is -0.259. The fraction of sp³-hybridized carbons (Fsp3) is 0.111. The first kappa shape index (κ1) is 18.8. The average Bonchev–Trinajstić information content (AvgIpc) is 3.16. The van der Waals surface area contributed by atoms with Gasteiger partial charge in [-0.3, -0.25) is 4.79 Å². The molecular formula is C18H13ClN4O3S. The summed E-state index contributed by atoms with van der Waals surface area (Å²) >= 11 is 7.07. The van der Waals surface area contributed by atoms with Crippen LogP contribution in [0, 0.1) is 11.3 Å². The first-order chi connectivity index (χ1) is 13.1. The third-order valence-corrected chi connectivity index (χ3v) is 4.57. The Hall–Kier alpha value is -3.02. The number of nitrogens with one attached hydrogen (secondary N) is 1. The summed E-state index contributed by atoms with van der Waals surface area (Å²) in [5, 5.41) is 20.0. The predicted octanol–water partition coefficient (Wildman–Crippen LogP) is 4.00. The molecule has 0 unspecified atom stereocenters. The minimum Gasteiger partial charge on any atom is -0.497 e. The SMILES string of the molecule is COc1ccc(-c2nnc(SCC(=O)Nc3ccc(C#N)c(Cl)c3)o2)cc1. The van der Waals surface area contributed by atoms with Crippen LogP contribution in [0.1, 0.15) is 5.56 Å². The molecule has 0 fully saturated rings. The Labute approximate surface area is 164 Å². The van der Waals surface area contributed by atoms with Gasteiger partial charge in [-0.2, -0.15) is 5.26 Å². The van der Waals surface area contributed by atoms with Crippen LogP contribution in [0.15, 0.2) is 52.1 Å². The number of nitriles is 1. The van der Waals surface area contributed by atoms with Crippen LogP contribution in [-0.4, -0.2) is 29.0 Å². The lowest BCUT2D eigenvalue weighted by atomic mass is 10.2. The molecule has 0 bridgehead atoms. The normalized spacial score (nSPS) is 10.3. The standard InChI is InChI=1S/C18H13ClN4O3S/c1-25-14-6-3-11(4-7-14)17-22-23-18(26-17)27-10-16(24)21-13-5-2-12(9-20)15(19)8-13/h2-8H,10H2,1H3,(H,21,24). The molecule has 0 saturated heterocycles. The number of carbonyl (C=O) groups is 1. The Kier molecular flexibility index (Phi) is 5.96. The van der Waals surface area contributed by atoms with Crippen LogP contribution in [0.4, 0.5) is 5.69 Å². The molecule has 0 atom stereocenters. The van der Waals surface area contributed by atoms with Crippen molar-refractivity contribution in [3.63, 3.8) is 0 Å². The Bertz CT molecular complexity index is 999. The van der Waals surface area contributed by atoms with E-state index in [1.165, 1.54) is 6.07 Å². The van der Waals surface area contributed by atoms with E-state index in [0.29, 0.717) is 17.1 Å². The highest BCUT2D eigenvalue weighted by molar-refractivity contribution is 7.99. The number of nitrogens with zero attached hydrogens (tertiary/aromatic N) is 3. The summed E-state index contributed by atoms with van der Waals surface area (Å²) in [6.45, 7) is 0. The molecular weight excluding hydrogens is 388 g/mol. The molecule has 1 heterocycles. The maximum absolute atomic E-state index is 12.1. The summed E-state index contributed by atoms with van der Waals surface area (Å²) in [7, 11) is 1.59. The highest BCUT2D eigenvalue weighted by Crippen LogP contribution is 2.25. The van der Waals surface area contributed by atoms with Gasteiger partial charge in [-0.1, -0.05) is 23.4 Å². The number of ether oxygens (including phenoxy) is 1. The molecule has 0 aliphatic heterocycles. The summed E-state index contributed by atoms with van der Waals surface area (Å²) in [5.41, 5.74) is 1.61. The number of hydrogen-bond donors (Lipinski definition) is 1. The van der Waals surface area contributed by atoms with Crippen molar-refractivity contribution in [1.82, 2.24) is 10.2 Å². The maximum atomic E-state index is 12.1. The van der Waals surface area contributed by atoms with Crippen LogP contribution < -0.4 is 10.1 Å². The summed E-state index contributed by atoms with van der Waals surface area (Å²) in [6, 6.07) is 13.8. The molecule has 7 nitrogen and oxygen atoms in total. The number of halogens is 1. The second-order valence-electron chi connectivity index (χ2n) is 5.24. The Balaban J connectivity index is 1.57. The van der Waals surface area contributed by atoms with Crippen molar-refractivity contribution in [2.24, 2.45) is 0 Å². The van der Waals surface area contributed by atoms with Crippen molar-refractivity contribution in [2.75, 3.05) is 18.2 Å². The summed E-state index contributed by atoms with van der Waals surface area (Å²) in [4.78, 5) is 12.1. The van der Waals surface area contributed by atoms with Gasteiger partial charge in [0.25, 0.3) is 5.22 Å². The van der Waals surface area contributed by atoms with Gasteiger partial charge in [0.15, 0.2) is 0 Å². The van der Waals surface area contributed by atoms with E-state index in [9.17, 15) is 4.79 Å². The summed E-state index contributed by atoms with van der Waals surface area (Å²) < 4.78 is 10.7. The van der Waals surface area contributed by atoms with Gasteiger partial charge in [-0.25, -0.2) is 0 Å². The van der Waals surface area contributed by atoms with E-state index in [0.717, 1.165) is 23.1 Å². The van der Waals surface area contributed by atoms with Crippen LogP contribution in [0.3, 0.4) is 0 Å². The lowest BCUT2D eigenvalue weighted by Crippen LogP contribution is -2.14. The van der Waals surface area contributed by atoms with Crippen LogP contribution in [0.5, 0.6) is 5.75 Å². The van der Waals surface area contributed by atoms with E-state index in [1.807, 2.05) is 18.2 Å². The molecule has 1 N–H and O–H groups in total. The van der Waals surface area contributed by atoms with E-state index < -0.39 is 0 Å². The van der Waals surface area contributed by atoms with Gasteiger partial charge in [0.2, 0.25) is 11.8 Å². The Morgan fingerprint density at radius 1 is 1.30 bits per heavy atom. The number of rotatable bonds is 6. The lowest BCUT2D eigenvalue weighted by Gasteiger charge is -2.05. The smallest absolute Gasteiger partial charge is 0.277 e. The quantitative estimate of drug-likeness (QED) is 0.624. The van der Waals surface area contributed by atoms with Crippen LogP contribution in [0.2, 0.25) is 5.02 Å². The topological polar surface area (TPSA) is 101 Å². The zero-order valence-electron chi connectivity index (χ0n) is 14.1. The number of aromatic nitrogens is 2. The molecule has 0 spiro atoms. The van der Waals surface area contributed by atoms with E-state index in [-0.39, 0.29) is 21.9 Å². The average molecular weight is 401 g/mol. The molecule has 9 heteroatoms. The van der Waals surface area contributed by atoms with Crippen molar-refractivity contribution in [3.8, 4) is 23.3 Å². The van der Waals surface area contributed by atoms with Crippen LogP contribution >= 0.6 is 23.4 Å². The van der Waals surface area contributed by atoms with Crippen molar-refractivity contribution in [3.05, 3.63) is 53.1 Å². The van der Waals surface area contributed by atoms with Gasteiger partial charge < -0.3 is 14.5 Å². The largest absolute Gasteiger partial charge is 0.497 e. The summed E-state index contributed by atoms with van der Waals surface area (Å²) in [5.74, 6) is 0.916. The fourth-order valence-corrected chi connectivity index (χ4v) is 2.91. The lowest BCUT2D eigenvalue weighted by molar-refractivity contribution is -0.113. The number of anilines is 1. The molecule has 0 aliphatic rings. The van der Waals surface area contributed by atoms with Crippen molar-refractivity contribution < 1.29 is 13.9 Å². The second-order valence-corrected chi connectivity index (χ2v) is 6.58. The zero-order valence-corrected chi connectivity index (χ0v) is 15.7. The molecule has 1 aromatic heterocycles. The first-order valence-electron chi connectivity index (χ1n) is 7.69. The highest BCUT2D eigenvalue weighted by atomic mass is 35.5. The molecule has 1 amide bonds. The number of benzene rings is 2. The number of amides is 1. The Morgan fingerprint density at radius 2 is 2.07 bits per heavy atom. The van der Waals surface area contributed by atoms with Crippen molar-refractivity contribution >= 4 is 35.0 Å².